The fourth-order valence-corrected chi connectivity index (χ4v) is 2.91. The molecule has 2 heteroatoms. The number of rotatable bonds is 5. The molecule has 0 radical (unpaired) electrons. The standard InChI is InChI=1S/C13H26N2/c1-13(12-15-9-4-5-10-15)6-11-14-7-2-3-8-14/h13H,2-12H2,1H3. The number of hydrogen-bond acceptors (Lipinski definition) is 2. The molecule has 2 rings (SSSR count). The van der Waals surface area contributed by atoms with Crippen LogP contribution in [0, 0.1) is 5.92 Å². The summed E-state index contributed by atoms with van der Waals surface area (Å²) in [5, 5.41) is 0. The molecule has 88 valence electrons. The van der Waals surface area contributed by atoms with Crippen LogP contribution >= 0.6 is 0 Å². The topological polar surface area (TPSA) is 6.48 Å². The van der Waals surface area contributed by atoms with Crippen LogP contribution in [0.2, 0.25) is 0 Å². The number of likely N-dealkylation sites (tertiary alicyclic amines) is 2. The van der Waals surface area contributed by atoms with Crippen LogP contribution in [0.5, 0.6) is 0 Å². The highest BCUT2D eigenvalue weighted by atomic mass is 15.1. The van der Waals surface area contributed by atoms with Crippen molar-refractivity contribution in [3.63, 3.8) is 0 Å². The maximum absolute atomic E-state index is 2.65. The molecule has 15 heavy (non-hydrogen) atoms. The van der Waals surface area contributed by atoms with Crippen molar-refractivity contribution in [1.82, 2.24) is 9.80 Å². The molecule has 0 aromatic carbocycles. The van der Waals surface area contributed by atoms with E-state index in [9.17, 15) is 0 Å². The summed E-state index contributed by atoms with van der Waals surface area (Å²) in [6, 6.07) is 0. The molecule has 0 bridgehead atoms. The van der Waals surface area contributed by atoms with Gasteiger partial charge >= 0.3 is 0 Å². The predicted octanol–water partition coefficient (Wildman–Crippen LogP) is 2.20. The maximum Gasteiger partial charge on any atom is 0.000749 e. The van der Waals surface area contributed by atoms with Crippen molar-refractivity contribution in [1.29, 1.82) is 0 Å². The molecule has 2 saturated heterocycles. The Morgan fingerprint density at radius 1 is 0.867 bits per heavy atom. The average molecular weight is 210 g/mol. The normalized spacial score (nSPS) is 26.2. The summed E-state index contributed by atoms with van der Waals surface area (Å²) in [4.78, 5) is 5.29. The zero-order valence-corrected chi connectivity index (χ0v) is 10.2. The van der Waals surface area contributed by atoms with Gasteiger partial charge in [-0.25, -0.2) is 0 Å². The highest BCUT2D eigenvalue weighted by molar-refractivity contribution is 4.71. The van der Waals surface area contributed by atoms with Crippen LogP contribution in [0.3, 0.4) is 0 Å². The summed E-state index contributed by atoms with van der Waals surface area (Å²) in [6.07, 6.45) is 7.12. The van der Waals surface area contributed by atoms with E-state index < -0.39 is 0 Å². The molecule has 0 aliphatic carbocycles. The average Bonchev–Trinajstić information content (AvgIpc) is 2.86. The predicted molar refractivity (Wildman–Crippen MR) is 65.1 cm³/mol. The third-order valence-electron chi connectivity index (χ3n) is 3.91. The number of hydrogen-bond donors (Lipinski definition) is 0. The second-order valence-corrected chi connectivity index (χ2v) is 5.45. The second kappa shape index (κ2) is 5.86. The van der Waals surface area contributed by atoms with E-state index in [1.54, 1.807) is 0 Å². The summed E-state index contributed by atoms with van der Waals surface area (Å²) in [6.45, 7) is 10.5. The highest BCUT2D eigenvalue weighted by Gasteiger charge is 2.16. The molecular formula is C13H26N2. The van der Waals surface area contributed by atoms with Crippen LogP contribution in [-0.4, -0.2) is 49.1 Å². The van der Waals surface area contributed by atoms with Crippen molar-refractivity contribution in [2.45, 2.75) is 39.0 Å². The Morgan fingerprint density at radius 3 is 2.00 bits per heavy atom. The summed E-state index contributed by atoms with van der Waals surface area (Å²) < 4.78 is 0. The number of nitrogens with zero attached hydrogens (tertiary/aromatic N) is 2. The zero-order chi connectivity index (χ0) is 10.5. The lowest BCUT2D eigenvalue weighted by atomic mass is 10.1. The lowest BCUT2D eigenvalue weighted by Crippen LogP contribution is -2.28. The summed E-state index contributed by atoms with van der Waals surface area (Å²) in [5.74, 6) is 0.892. The van der Waals surface area contributed by atoms with Gasteiger partial charge in [0.2, 0.25) is 0 Å². The Labute approximate surface area is 94.6 Å². The lowest BCUT2D eigenvalue weighted by Gasteiger charge is -2.22. The van der Waals surface area contributed by atoms with Gasteiger partial charge in [0.25, 0.3) is 0 Å². The molecule has 0 aromatic rings. The Hall–Kier alpha value is -0.0800. The molecule has 0 amide bonds. The van der Waals surface area contributed by atoms with Crippen molar-refractivity contribution in [2.75, 3.05) is 39.3 Å². The van der Waals surface area contributed by atoms with E-state index in [0.29, 0.717) is 0 Å². The first-order chi connectivity index (χ1) is 7.34. The quantitative estimate of drug-likeness (QED) is 0.686. The van der Waals surface area contributed by atoms with Gasteiger partial charge in [-0.1, -0.05) is 6.92 Å². The third-order valence-corrected chi connectivity index (χ3v) is 3.91. The van der Waals surface area contributed by atoms with Gasteiger partial charge in [0.15, 0.2) is 0 Å². The molecule has 2 heterocycles. The van der Waals surface area contributed by atoms with Crippen molar-refractivity contribution in [3.8, 4) is 0 Å². The summed E-state index contributed by atoms with van der Waals surface area (Å²) in [5.41, 5.74) is 0. The Kier molecular flexibility index (Phi) is 4.45. The molecule has 0 N–H and O–H groups in total. The molecule has 1 atom stereocenters. The van der Waals surface area contributed by atoms with Gasteiger partial charge in [-0.2, -0.15) is 0 Å². The van der Waals surface area contributed by atoms with Crippen molar-refractivity contribution in [2.24, 2.45) is 5.92 Å². The molecule has 2 nitrogen and oxygen atoms in total. The van der Waals surface area contributed by atoms with Crippen LogP contribution in [-0.2, 0) is 0 Å². The molecule has 2 aliphatic rings. The first-order valence-corrected chi connectivity index (χ1v) is 6.79. The van der Waals surface area contributed by atoms with Crippen LogP contribution in [0.15, 0.2) is 0 Å². The van der Waals surface area contributed by atoms with Crippen LogP contribution in [0.4, 0.5) is 0 Å². The van der Waals surface area contributed by atoms with Crippen molar-refractivity contribution in [3.05, 3.63) is 0 Å². The minimum Gasteiger partial charge on any atom is -0.303 e. The smallest absolute Gasteiger partial charge is 0.000749 e. The molecule has 0 aromatic heterocycles. The van der Waals surface area contributed by atoms with Gasteiger partial charge in [-0.3, -0.25) is 0 Å². The second-order valence-electron chi connectivity index (χ2n) is 5.45. The van der Waals surface area contributed by atoms with E-state index in [1.807, 2.05) is 0 Å². The Balaban J connectivity index is 1.57. The van der Waals surface area contributed by atoms with Crippen LogP contribution in [0.1, 0.15) is 39.0 Å². The fraction of sp³-hybridized carbons (Fsp3) is 1.00. The third kappa shape index (κ3) is 3.76. The maximum atomic E-state index is 2.65. The lowest BCUT2D eigenvalue weighted by molar-refractivity contribution is 0.249. The SMILES string of the molecule is CC(CCN1CCCC1)CN1CCCC1. The van der Waals surface area contributed by atoms with E-state index in [4.69, 9.17) is 0 Å². The van der Waals surface area contributed by atoms with Gasteiger partial charge in [0.1, 0.15) is 0 Å². The largest absolute Gasteiger partial charge is 0.303 e. The van der Waals surface area contributed by atoms with Gasteiger partial charge < -0.3 is 9.80 Å². The van der Waals surface area contributed by atoms with Gasteiger partial charge in [0, 0.05) is 6.54 Å². The summed E-state index contributed by atoms with van der Waals surface area (Å²) in [7, 11) is 0. The summed E-state index contributed by atoms with van der Waals surface area (Å²) >= 11 is 0. The van der Waals surface area contributed by atoms with Gasteiger partial charge in [-0.05, 0) is 70.7 Å². The van der Waals surface area contributed by atoms with E-state index in [0.717, 1.165) is 5.92 Å². The van der Waals surface area contributed by atoms with E-state index in [2.05, 4.69) is 16.7 Å². The van der Waals surface area contributed by atoms with E-state index in [-0.39, 0.29) is 0 Å². The monoisotopic (exact) mass is 210 g/mol. The van der Waals surface area contributed by atoms with Crippen LogP contribution in [0.25, 0.3) is 0 Å². The van der Waals surface area contributed by atoms with Gasteiger partial charge in [-0.15, -0.1) is 0 Å². The minimum absolute atomic E-state index is 0.892. The molecule has 2 fully saturated rings. The molecular weight excluding hydrogens is 184 g/mol. The molecule has 2 aliphatic heterocycles. The Morgan fingerprint density at radius 2 is 1.40 bits per heavy atom. The van der Waals surface area contributed by atoms with E-state index in [1.165, 1.54) is 71.4 Å². The molecule has 0 saturated carbocycles. The zero-order valence-electron chi connectivity index (χ0n) is 10.2. The fourth-order valence-electron chi connectivity index (χ4n) is 2.91. The van der Waals surface area contributed by atoms with Gasteiger partial charge in [0.05, 0.1) is 0 Å². The molecule has 1 unspecified atom stereocenters. The Bertz CT molecular complexity index is 169. The van der Waals surface area contributed by atoms with Crippen molar-refractivity contribution >= 4 is 0 Å². The first kappa shape index (κ1) is 11.4. The minimum atomic E-state index is 0.892. The van der Waals surface area contributed by atoms with Crippen molar-refractivity contribution < 1.29 is 0 Å². The van der Waals surface area contributed by atoms with E-state index >= 15 is 0 Å². The highest BCUT2D eigenvalue weighted by Crippen LogP contribution is 2.14. The molecule has 0 spiro atoms. The van der Waals surface area contributed by atoms with Crippen LogP contribution < -0.4 is 0 Å². The first-order valence-electron chi connectivity index (χ1n) is 6.79.